The maximum Gasteiger partial charge on any atom is 2.00 e. The average Bonchev–Trinajstić information content (AvgIpc) is 2.80. The van der Waals surface area contributed by atoms with Crippen LogP contribution in [0.15, 0.2) is 36.7 Å². The number of carbonyl (C=O) groups is 1. The van der Waals surface area contributed by atoms with E-state index in [1.807, 2.05) is 51.3 Å². The van der Waals surface area contributed by atoms with Gasteiger partial charge in [-0.2, -0.15) is 19.9 Å². The Morgan fingerprint density at radius 2 is 2.06 bits per heavy atom. The van der Waals surface area contributed by atoms with Crippen molar-refractivity contribution in [2.75, 3.05) is 19.7 Å². The molecule has 0 N–H and O–H groups in total. The minimum absolute atomic E-state index is 0. The van der Waals surface area contributed by atoms with Gasteiger partial charge in [-0.1, -0.05) is 11.8 Å². The molecule has 2 atom stereocenters. The number of carbonyl (C=O) groups excluding carboxylic acids is 1. The van der Waals surface area contributed by atoms with Crippen molar-refractivity contribution in [1.29, 1.82) is 0 Å². The molecule has 2 aliphatic heterocycles. The summed E-state index contributed by atoms with van der Waals surface area (Å²) in [6.45, 7) is 9.91. The summed E-state index contributed by atoms with van der Waals surface area (Å²) in [6, 6.07) is 10.5. The predicted molar refractivity (Wildman–Crippen MR) is 124 cm³/mol. The summed E-state index contributed by atoms with van der Waals surface area (Å²) in [5, 5.41) is 0. The topological polar surface area (TPSA) is 64.6 Å². The molecule has 1 amide bonds. The maximum atomic E-state index is 12.9. The Morgan fingerprint density at radius 3 is 2.67 bits per heavy atom. The SMILES string of the molecule is CCOC1CC(c2cccnc2)OC2(CCN(C(=O)c3cc[c-]c(C)n3)CC2)C1.C[CH-]C.[U+2]. The average molecular weight is 676 g/mol. The van der Waals surface area contributed by atoms with Gasteiger partial charge in [-0.3, -0.25) is 14.8 Å². The van der Waals surface area contributed by atoms with E-state index in [1.54, 1.807) is 18.3 Å². The van der Waals surface area contributed by atoms with Gasteiger partial charge in [0, 0.05) is 50.6 Å². The molecule has 4 rings (SSSR count). The Morgan fingerprint density at radius 1 is 1.33 bits per heavy atom. The van der Waals surface area contributed by atoms with Crippen LogP contribution in [0.2, 0.25) is 0 Å². The minimum Gasteiger partial charge on any atom is -0.378 e. The van der Waals surface area contributed by atoms with Crippen molar-refractivity contribution in [3.05, 3.63) is 66.1 Å². The fraction of sp³-hybridized carbons (Fsp3) is 0.538. The van der Waals surface area contributed by atoms with Gasteiger partial charge in [0.1, 0.15) is 0 Å². The van der Waals surface area contributed by atoms with E-state index in [0.29, 0.717) is 25.4 Å². The molecule has 33 heavy (non-hydrogen) atoms. The van der Waals surface area contributed by atoms with Crippen LogP contribution in [-0.4, -0.2) is 52.2 Å². The standard InChI is InChI=1S/C23H28N3O3.C3H7.U/c1-3-28-19-14-21(18-7-5-11-24-16-18)29-23(15-19)9-12-26(13-10-23)22(27)20-8-4-6-17(2)25-20;1-3-2;/h4-5,7-8,11,16,19,21H,3,9-10,12-15H2,1-2H3;3H,1-2H3;/q2*-1;+2. The first kappa shape index (κ1) is 28.0. The minimum atomic E-state index is -0.261. The molecule has 2 unspecified atom stereocenters. The van der Waals surface area contributed by atoms with Gasteiger partial charge in [0.15, 0.2) is 0 Å². The molecule has 2 saturated heterocycles. The first-order valence-corrected chi connectivity index (χ1v) is 11.6. The molecule has 176 valence electrons. The molecule has 2 aromatic rings. The van der Waals surface area contributed by atoms with Gasteiger partial charge in [-0.15, -0.1) is 0 Å². The Kier molecular flexibility index (Phi) is 11.5. The van der Waals surface area contributed by atoms with Crippen LogP contribution in [-0.2, 0) is 9.47 Å². The molecule has 0 bridgehead atoms. The van der Waals surface area contributed by atoms with Crippen LogP contribution < -0.4 is 0 Å². The van der Waals surface area contributed by atoms with E-state index in [1.165, 1.54) is 0 Å². The number of pyridine rings is 2. The summed E-state index contributed by atoms with van der Waals surface area (Å²) in [5.41, 5.74) is 2.06. The van der Waals surface area contributed by atoms with E-state index < -0.39 is 0 Å². The monoisotopic (exact) mass is 675 g/mol. The van der Waals surface area contributed by atoms with E-state index in [9.17, 15) is 4.79 Å². The van der Waals surface area contributed by atoms with E-state index in [0.717, 1.165) is 36.9 Å². The molecule has 2 fully saturated rings. The number of nitrogens with zero attached hydrogens (tertiary/aromatic N) is 3. The van der Waals surface area contributed by atoms with Crippen LogP contribution in [0.5, 0.6) is 0 Å². The molecular weight excluding hydrogens is 640 g/mol. The molecule has 0 radical (unpaired) electrons. The van der Waals surface area contributed by atoms with Crippen LogP contribution >= 0.6 is 0 Å². The quantitative estimate of drug-likeness (QED) is 0.439. The van der Waals surface area contributed by atoms with Gasteiger partial charge in [0.25, 0.3) is 5.91 Å². The summed E-state index contributed by atoms with van der Waals surface area (Å²) in [5.74, 6) is -0.0158. The summed E-state index contributed by atoms with van der Waals surface area (Å²) in [7, 11) is 0. The Balaban J connectivity index is 0.000000914. The second-order valence-electron chi connectivity index (χ2n) is 8.52. The largest absolute Gasteiger partial charge is 2.00 e. The number of hydrogen-bond donors (Lipinski definition) is 0. The summed E-state index contributed by atoms with van der Waals surface area (Å²) in [6.07, 6.45) is 9.12. The van der Waals surface area contributed by atoms with Gasteiger partial charge in [-0.05, 0) is 38.3 Å². The first-order valence-electron chi connectivity index (χ1n) is 11.6. The van der Waals surface area contributed by atoms with Crippen molar-refractivity contribution in [3.8, 4) is 0 Å². The van der Waals surface area contributed by atoms with Gasteiger partial charge < -0.3 is 20.8 Å². The zero-order chi connectivity index (χ0) is 23.0. The Bertz CT molecular complexity index is 857. The number of likely N-dealkylation sites (tertiary alicyclic amines) is 1. The van der Waals surface area contributed by atoms with Crippen LogP contribution in [0.1, 0.15) is 74.3 Å². The number of aromatic nitrogens is 2. The Labute approximate surface area is 222 Å². The molecule has 2 aliphatic rings. The third kappa shape index (κ3) is 7.62. The van der Waals surface area contributed by atoms with Gasteiger partial charge >= 0.3 is 31.1 Å². The molecule has 6 nitrogen and oxygen atoms in total. The van der Waals surface area contributed by atoms with Crippen LogP contribution in [0, 0.1) is 50.5 Å². The summed E-state index contributed by atoms with van der Waals surface area (Å²) >= 11 is 0. The van der Waals surface area contributed by atoms with Crippen molar-refractivity contribution >= 4 is 5.91 Å². The number of amides is 1. The number of piperidine rings is 1. The van der Waals surface area contributed by atoms with Gasteiger partial charge in [0.2, 0.25) is 0 Å². The van der Waals surface area contributed by atoms with E-state index in [4.69, 9.17) is 9.47 Å². The molecule has 0 aliphatic carbocycles. The zero-order valence-electron chi connectivity index (χ0n) is 20.2. The number of ether oxygens (including phenoxy) is 2. The predicted octanol–water partition coefficient (Wildman–Crippen LogP) is 4.75. The normalized spacial score (nSPS) is 21.5. The number of hydrogen-bond acceptors (Lipinski definition) is 5. The van der Waals surface area contributed by atoms with E-state index in [-0.39, 0.29) is 54.8 Å². The second kappa shape index (κ2) is 13.6. The zero-order valence-corrected chi connectivity index (χ0v) is 24.4. The van der Waals surface area contributed by atoms with Crippen LogP contribution in [0.25, 0.3) is 0 Å². The fourth-order valence-electron chi connectivity index (χ4n) is 4.48. The van der Waals surface area contributed by atoms with Gasteiger partial charge in [0.05, 0.1) is 17.8 Å². The molecule has 2 aromatic heterocycles. The van der Waals surface area contributed by atoms with Crippen molar-refractivity contribution in [1.82, 2.24) is 14.9 Å². The van der Waals surface area contributed by atoms with E-state index in [2.05, 4.69) is 22.1 Å². The third-order valence-corrected chi connectivity index (χ3v) is 5.93. The fourth-order valence-corrected chi connectivity index (χ4v) is 4.48. The molecule has 0 saturated carbocycles. The van der Waals surface area contributed by atoms with Gasteiger partial charge in [-0.25, -0.2) is 12.1 Å². The van der Waals surface area contributed by atoms with Crippen molar-refractivity contribution in [2.45, 2.75) is 71.2 Å². The van der Waals surface area contributed by atoms with Crippen LogP contribution in [0.4, 0.5) is 0 Å². The van der Waals surface area contributed by atoms with E-state index >= 15 is 0 Å². The maximum absolute atomic E-state index is 12.9. The molecule has 0 aromatic carbocycles. The summed E-state index contributed by atoms with van der Waals surface area (Å²) in [4.78, 5) is 23.3. The number of rotatable bonds is 4. The molecular formula is C26H35N3O3U. The van der Waals surface area contributed by atoms with Crippen molar-refractivity contribution < 1.29 is 45.4 Å². The van der Waals surface area contributed by atoms with Crippen LogP contribution in [0.3, 0.4) is 0 Å². The first-order chi connectivity index (χ1) is 15.5. The second-order valence-corrected chi connectivity index (χ2v) is 8.52. The third-order valence-electron chi connectivity index (χ3n) is 5.93. The van der Waals surface area contributed by atoms with Crippen molar-refractivity contribution in [2.24, 2.45) is 0 Å². The summed E-state index contributed by atoms with van der Waals surface area (Å²) < 4.78 is 12.7. The Hall–Kier alpha value is -1.26. The molecule has 4 heterocycles. The van der Waals surface area contributed by atoms with Crippen molar-refractivity contribution in [3.63, 3.8) is 0 Å². The number of aryl methyl sites for hydroxylation is 1. The molecule has 7 heteroatoms. The smallest absolute Gasteiger partial charge is 0.378 e. The molecule has 1 spiro atoms.